The van der Waals surface area contributed by atoms with Gasteiger partial charge in [-0.25, -0.2) is 0 Å². The number of rotatable bonds is 4. The van der Waals surface area contributed by atoms with Crippen molar-refractivity contribution in [3.63, 3.8) is 0 Å². The summed E-state index contributed by atoms with van der Waals surface area (Å²) in [7, 11) is 2.03. The number of hydrogen-bond acceptors (Lipinski definition) is 3. The molecule has 1 fully saturated rings. The highest BCUT2D eigenvalue weighted by Crippen LogP contribution is 2.33. The number of para-hydroxylation sites is 1. The van der Waals surface area contributed by atoms with E-state index >= 15 is 0 Å². The molecule has 1 saturated heterocycles. The lowest BCUT2D eigenvalue weighted by atomic mass is 9.76. The van der Waals surface area contributed by atoms with Crippen molar-refractivity contribution in [1.29, 1.82) is 0 Å². The van der Waals surface area contributed by atoms with E-state index < -0.39 is 0 Å². The highest BCUT2D eigenvalue weighted by atomic mass is 16.5. The summed E-state index contributed by atoms with van der Waals surface area (Å²) in [5.41, 5.74) is 0.516. The van der Waals surface area contributed by atoms with Gasteiger partial charge in [-0.3, -0.25) is 4.79 Å². The zero-order chi connectivity index (χ0) is 14.9. The molecule has 0 aromatic heterocycles. The number of likely N-dealkylation sites (tertiary alicyclic amines) is 1. The third-order valence-corrected chi connectivity index (χ3v) is 3.88. The lowest BCUT2D eigenvalue weighted by Crippen LogP contribution is -2.56. The molecule has 3 rings (SSSR count). The highest BCUT2D eigenvalue weighted by Gasteiger charge is 2.43. The summed E-state index contributed by atoms with van der Waals surface area (Å²) in [6.45, 7) is 3.69. The summed E-state index contributed by atoms with van der Waals surface area (Å²) < 4.78 is 5.74. The van der Waals surface area contributed by atoms with Gasteiger partial charge in [0, 0.05) is 18.7 Å². The van der Waals surface area contributed by atoms with Crippen LogP contribution in [0.3, 0.4) is 0 Å². The van der Waals surface area contributed by atoms with Gasteiger partial charge in [0.2, 0.25) is 0 Å². The van der Waals surface area contributed by atoms with Crippen LogP contribution in [0.5, 0.6) is 11.5 Å². The van der Waals surface area contributed by atoms with Crippen molar-refractivity contribution < 1.29 is 9.53 Å². The van der Waals surface area contributed by atoms with Gasteiger partial charge in [0.15, 0.2) is 5.78 Å². The van der Waals surface area contributed by atoms with Gasteiger partial charge >= 0.3 is 0 Å². The molecular formula is C18H19NO2. The zero-order valence-corrected chi connectivity index (χ0v) is 12.4. The zero-order valence-electron chi connectivity index (χ0n) is 12.4. The SMILES string of the molecule is CN1CC(C)(C(=O)c2ccc(Oc3ccccc3)cc2)C1. The van der Waals surface area contributed by atoms with Crippen LogP contribution in [0.4, 0.5) is 0 Å². The van der Waals surface area contributed by atoms with Gasteiger partial charge in [0.25, 0.3) is 0 Å². The summed E-state index contributed by atoms with van der Waals surface area (Å²) >= 11 is 0. The number of nitrogens with zero attached hydrogens (tertiary/aromatic N) is 1. The first kappa shape index (κ1) is 13.8. The standard InChI is InChI=1S/C18H19NO2/c1-18(12-19(2)13-18)17(20)14-8-10-16(11-9-14)21-15-6-4-3-5-7-15/h3-11H,12-13H2,1-2H3. The van der Waals surface area contributed by atoms with Crippen LogP contribution in [-0.4, -0.2) is 30.8 Å². The average Bonchev–Trinajstić information content (AvgIpc) is 2.47. The minimum Gasteiger partial charge on any atom is -0.457 e. The molecule has 0 unspecified atom stereocenters. The van der Waals surface area contributed by atoms with E-state index in [9.17, 15) is 4.79 Å². The number of carbonyl (C=O) groups excluding carboxylic acids is 1. The fraction of sp³-hybridized carbons (Fsp3) is 0.278. The molecule has 2 aromatic rings. The fourth-order valence-corrected chi connectivity index (χ4v) is 2.94. The van der Waals surface area contributed by atoms with Crippen molar-refractivity contribution in [2.75, 3.05) is 20.1 Å². The summed E-state index contributed by atoms with van der Waals surface area (Å²) in [4.78, 5) is 14.7. The van der Waals surface area contributed by atoms with Crippen molar-refractivity contribution in [2.45, 2.75) is 6.92 Å². The summed E-state index contributed by atoms with van der Waals surface area (Å²) in [5.74, 6) is 1.75. The Labute approximate surface area is 125 Å². The number of hydrogen-bond donors (Lipinski definition) is 0. The van der Waals surface area contributed by atoms with E-state index in [2.05, 4.69) is 4.90 Å². The van der Waals surface area contributed by atoms with Gasteiger partial charge in [-0.15, -0.1) is 0 Å². The summed E-state index contributed by atoms with van der Waals surface area (Å²) in [6.07, 6.45) is 0. The Morgan fingerprint density at radius 1 is 1.00 bits per heavy atom. The summed E-state index contributed by atoms with van der Waals surface area (Å²) in [6, 6.07) is 17.0. The van der Waals surface area contributed by atoms with Crippen LogP contribution in [-0.2, 0) is 0 Å². The van der Waals surface area contributed by atoms with Gasteiger partial charge < -0.3 is 9.64 Å². The number of Topliss-reactive ketones (excluding diaryl/α,β-unsaturated/α-hetero) is 1. The van der Waals surface area contributed by atoms with Crippen molar-refractivity contribution in [3.05, 3.63) is 60.2 Å². The lowest BCUT2D eigenvalue weighted by molar-refractivity contribution is 0.0322. The first-order chi connectivity index (χ1) is 10.1. The Morgan fingerprint density at radius 3 is 2.14 bits per heavy atom. The molecule has 0 amide bonds. The molecule has 1 heterocycles. The van der Waals surface area contributed by atoms with Crippen molar-refractivity contribution in [3.8, 4) is 11.5 Å². The number of carbonyl (C=O) groups is 1. The molecule has 2 aromatic carbocycles. The van der Waals surface area contributed by atoms with Gasteiger partial charge in [0.05, 0.1) is 5.41 Å². The van der Waals surface area contributed by atoms with Crippen molar-refractivity contribution in [1.82, 2.24) is 4.90 Å². The van der Waals surface area contributed by atoms with Crippen molar-refractivity contribution in [2.24, 2.45) is 5.41 Å². The van der Waals surface area contributed by atoms with Crippen LogP contribution in [0.15, 0.2) is 54.6 Å². The molecule has 1 aliphatic heterocycles. The minimum absolute atomic E-state index is 0.215. The molecule has 108 valence electrons. The first-order valence-electron chi connectivity index (χ1n) is 7.13. The van der Waals surface area contributed by atoms with E-state index in [1.54, 1.807) is 0 Å². The molecule has 0 spiro atoms. The number of ether oxygens (including phenoxy) is 1. The van der Waals surface area contributed by atoms with Crippen LogP contribution < -0.4 is 4.74 Å². The largest absolute Gasteiger partial charge is 0.457 e. The Hall–Kier alpha value is -2.13. The molecule has 0 radical (unpaired) electrons. The molecular weight excluding hydrogens is 262 g/mol. The lowest BCUT2D eigenvalue weighted by Gasteiger charge is -2.44. The van der Waals surface area contributed by atoms with E-state index in [0.29, 0.717) is 0 Å². The van der Waals surface area contributed by atoms with Crippen LogP contribution in [0.2, 0.25) is 0 Å². The molecule has 3 nitrogen and oxygen atoms in total. The number of benzene rings is 2. The molecule has 0 bridgehead atoms. The van der Waals surface area contributed by atoms with E-state index in [1.165, 1.54) is 0 Å². The smallest absolute Gasteiger partial charge is 0.171 e. The maximum Gasteiger partial charge on any atom is 0.171 e. The topological polar surface area (TPSA) is 29.5 Å². The molecule has 21 heavy (non-hydrogen) atoms. The van der Waals surface area contributed by atoms with E-state index in [0.717, 1.165) is 30.2 Å². The third kappa shape index (κ3) is 2.83. The Kier molecular flexibility index (Phi) is 3.52. The predicted molar refractivity (Wildman–Crippen MR) is 82.9 cm³/mol. The Morgan fingerprint density at radius 2 is 1.57 bits per heavy atom. The van der Waals surface area contributed by atoms with Gasteiger partial charge in [-0.2, -0.15) is 0 Å². The first-order valence-corrected chi connectivity index (χ1v) is 7.13. The van der Waals surface area contributed by atoms with Crippen molar-refractivity contribution >= 4 is 5.78 Å². The van der Waals surface area contributed by atoms with Gasteiger partial charge in [-0.05, 0) is 50.4 Å². The Bertz CT molecular complexity index is 628. The molecule has 0 aliphatic carbocycles. The normalized spacial score (nSPS) is 17.0. The summed E-state index contributed by atoms with van der Waals surface area (Å²) in [5, 5.41) is 0. The molecule has 3 heteroatoms. The second kappa shape index (κ2) is 5.34. The third-order valence-electron chi connectivity index (χ3n) is 3.88. The predicted octanol–water partition coefficient (Wildman–Crippen LogP) is 3.61. The Balaban J connectivity index is 1.71. The van der Waals surface area contributed by atoms with E-state index in [4.69, 9.17) is 4.74 Å². The second-order valence-corrected chi connectivity index (χ2v) is 6.00. The van der Waals surface area contributed by atoms with Crippen LogP contribution >= 0.6 is 0 Å². The highest BCUT2D eigenvalue weighted by molar-refractivity contribution is 6.01. The quantitative estimate of drug-likeness (QED) is 0.802. The fourth-order valence-electron chi connectivity index (χ4n) is 2.94. The second-order valence-electron chi connectivity index (χ2n) is 6.00. The van der Waals surface area contributed by atoms with Crippen LogP contribution in [0.25, 0.3) is 0 Å². The van der Waals surface area contributed by atoms with Crippen LogP contribution in [0, 0.1) is 5.41 Å². The van der Waals surface area contributed by atoms with Crippen LogP contribution in [0.1, 0.15) is 17.3 Å². The molecule has 0 atom stereocenters. The molecule has 1 aliphatic rings. The van der Waals surface area contributed by atoms with Gasteiger partial charge in [-0.1, -0.05) is 18.2 Å². The van der Waals surface area contributed by atoms with Gasteiger partial charge in [0.1, 0.15) is 11.5 Å². The molecule has 0 saturated carbocycles. The van der Waals surface area contributed by atoms with E-state index in [-0.39, 0.29) is 11.2 Å². The maximum absolute atomic E-state index is 12.5. The average molecular weight is 281 g/mol. The number of ketones is 1. The monoisotopic (exact) mass is 281 g/mol. The minimum atomic E-state index is -0.240. The van der Waals surface area contributed by atoms with E-state index in [1.807, 2.05) is 68.6 Å². The maximum atomic E-state index is 12.5. The molecule has 0 N–H and O–H groups in total.